The maximum absolute atomic E-state index is 12.3. The molecule has 0 saturated carbocycles. The summed E-state index contributed by atoms with van der Waals surface area (Å²) in [6, 6.07) is 0. The van der Waals surface area contributed by atoms with Gasteiger partial charge in [-0.05, 0) is 32.9 Å². The molecule has 0 aromatic heterocycles. The Morgan fingerprint density at radius 1 is 1.36 bits per heavy atom. The van der Waals surface area contributed by atoms with Crippen molar-refractivity contribution in [1.82, 2.24) is 4.90 Å². The molecule has 0 unspecified atom stereocenters. The number of hydrogen-bond acceptors (Lipinski definition) is 2. The number of rotatable bonds is 2. The van der Waals surface area contributed by atoms with Gasteiger partial charge in [-0.1, -0.05) is 0 Å². The average molecular weight is 211 g/mol. The number of hydrogen-bond donors (Lipinski definition) is 1. The Bertz CT molecular complexity index is 173. The highest BCUT2D eigenvalue weighted by Crippen LogP contribution is 2.33. The summed E-state index contributed by atoms with van der Waals surface area (Å²) in [6.45, 7) is 3.00. The number of alkyl halides is 3. The Morgan fingerprint density at radius 2 is 1.86 bits per heavy atom. The summed E-state index contributed by atoms with van der Waals surface area (Å²) in [4.78, 5) is 1.88. The third-order valence-corrected chi connectivity index (χ3v) is 2.57. The molecule has 1 heterocycles. The maximum atomic E-state index is 12.3. The maximum Gasteiger partial charge on any atom is 0.391 e. The fraction of sp³-hybridized carbons (Fsp3) is 1.00. The summed E-state index contributed by atoms with van der Waals surface area (Å²) < 4.78 is 36.8. The number of nitrogens with zero attached hydrogens (tertiary/aromatic N) is 1. The highest BCUT2D eigenvalue weighted by molar-refractivity contribution is 4.77. The van der Waals surface area contributed by atoms with Crippen LogP contribution in [0.25, 0.3) is 0 Å². The van der Waals surface area contributed by atoms with Gasteiger partial charge in [-0.25, -0.2) is 0 Å². The summed E-state index contributed by atoms with van der Waals surface area (Å²) in [5.74, 6) is -1.15. The topological polar surface area (TPSA) is 23.5 Å². The van der Waals surface area contributed by atoms with Gasteiger partial charge in [0.1, 0.15) is 0 Å². The number of β-amino-alcohol motifs (C(OH)–C–C–N with tert-alkyl or cyclic N) is 1. The van der Waals surface area contributed by atoms with Gasteiger partial charge in [0, 0.05) is 6.54 Å². The molecular formula is C9H16F3NO. The first-order valence-electron chi connectivity index (χ1n) is 4.86. The summed E-state index contributed by atoms with van der Waals surface area (Å²) in [7, 11) is 0. The molecule has 84 valence electrons. The van der Waals surface area contributed by atoms with E-state index in [-0.39, 0.29) is 12.8 Å². The lowest BCUT2D eigenvalue weighted by Crippen LogP contribution is -2.41. The predicted molar refractivity (Wildman–Crippen MR) is 46.9 cm³/mol. The van der Waals surface area contributed by atoms with Crippen LogP contribution in [-0.2, 0) is 0 Å². The smallest absolute Gasteiger partial charge is 0.391 e. The van der Waals surface area contributed by atoms with Crippen molar-refractivity contribution in [1.29, 1.82) is 0 Å². The van der Waals surface area contributed by atoms with Gasteiger partial charge in [-0.15, -0.1) is 0 Å². The standard InChI is InChI=1S/C9H16F3NO/c1-7(14)6-13-4-2-8(3-5-13)9(10,11)12/h7-8,14H,2-6H2,1H3/t7-/m1/s1. The molecule has 1 rings (SSSR count). The van der Waals surface area contributed by atoms with E-state index in [1.165, 1.54) is 0 Å². The van der Waals surface area contributed by atoms with Crippen molar-refractivity contribution in [2.24, 2.45) is 5.92 Å². The van der Waals surface area contributed by atoms with Crippen molar-refractivity contribution in [2.75, 3.05) is 19.6 Å². The van der Waals surface area contributed by atoms with Gasteiger partial charge in [0.2, 0.25) is 0 Å². The normalized spacial score (nSPS) is 23.8. The number of aliphatic hydroxyl groups is 1. The number of aliphatic hydroxyl groups excluding tert-OH is 1. The van der Waals surface area contributed by atoms with E-state index >= 15 is 0 Å². The molecule has 1 fully saturated rings. The molecule has 0 aliphatic carbocycles. The minimum Gasteiger partial charge on any atom is -0.392 e. The van der Waals surface area contributed by atoms with Crippen LogP contribution in [0.3, 0.4) is 0 Å². The molecule has 0 aromatic carbocycles. The molecule has 5 heteroatoms. The van der Waals surface area contributed by atoms with Gasteiger partial charge in [0.25, 0.3) is 0 Å². The first-order chi connectivity index (χ1) is 6.39. The molecule has 14 heavy (non-hydrogen) atoms. The van der Waals surface area contributed by atoms with Crippen LogP contribution in [0.1, 0.15) is 19.8 Å². The van der Waals surface area contributed by atoms with Crippen LogP contribution in [0.15, 0.2) is 0 Å². The van der Waals surface area contributed by atoms with E-state index < -0.39 is 18.2 Å². The van der Waals surface area contributed by atoms with Crippen molar-refractivity contribution in [2.45, 2.75) is 32.0 Å². The minimum absolute atomic E-state index is 0.163. The van der Waals surface area contributed by atoms with Crippen LogP contribution in [0.5, 0.6) is 0 Å². The summed E-state index contributed by atoms with van der Waals surface area (Å²) in [5, 5.41) is 9.07. The minimum atomic E-state index is -4.04. The highest BCUT2D eigenvalue weighted by Gasteiger charge is 2.40. The number of halogens is 3. The Balaban J connectivity index is 2.31. The SMILES string of the molecule is C[C@@H](O)CN1CCC(C(F)(F)F)CC1. The predicted octanol–water partition coefficient (Wildman–Crippen LogP) is 1.64. The van der Waals surface area contributed by atoms with E-state index in [9.17, 15) is 13.2 Å². The lowest BCUT2D eigenvalue weighted by Gasteiger charge is -2.33. The summed E-state index contributed by atoms with van der Waals surface area (Å²) >= 11 is 0. The van der Waals surface area contributed by atoms with Crippen LogP contribution in [0.4, 0.5) is 13.2 Å². The second kappa shape index (κ2) is 4.49. The van der Waals surface area contributed by atoms with E-state index in [1.54, 1.807) is 6.92 Å². The van der Waals surface area contributed by atoms with Crippen molar-refractivity contribution in [3.8, 4) is 0 Å². The van der Waals surface area contributed by atoms with Gasteiger partial charge in [0.15, 0.2) is 0 Å². The van der Waals surface area contributed by atoms with Gasteiger partial charge >= 0.3 is 6.18 Å². The van der Waals surface area contributed by atoms with E-state index in [2.05, 4.69) is 0 Å². The highest BCUT2D eigenvalue weighted by atomic mass is 19.4. The first kappa shape index (κ1) is 11.8. The fourth-order valence-corrected chi connectivity index (χ4v) is 1.82. The van der Waals surface area contributed by atoms with Crippen LogP contribution in [0, 0.1) is 5.92 Å². The van der Waals surface area contributed by atoms with Gasteiger partial charge in [0.05, 0.1) is 12.0 Å². The largest absolute Gasteiger partial charge is 0.392 e. The van der Waals surface area contributed by atoms with Crippen LogP contribution < -0.4 is 0 Å². The zero-order valence-corrected chi connectivity index (χ0v) is 8.22. The number of piperidine rings is 1. The van der Waals surface area contributed by atoms with Crippen molar-refractivity contribution >= 4 is 0 Å². The Labute approximate surface area is 81.7 Å². The van der Waals surface area contributed by atoms with Crippen molar-refractivity contribution in [3.05, 3.63) is 0 Å². The zero-order chi connectivity index (χ0) is 10.8. The second-order valence-corrected chi connectivity index (χ2v) is 3.97. The number of likely N-dealkylation sites (tertiary alicyclic amines) is 1. The van der Waals surface area contributed by atoms with E-state index in [4.69, 9.17) is 5.11 Å². The lowest BCUT2D eigenvalue weighted by molar-refractivity contribution is -0.185. The molecule has 1 saturated heterocycles. The fourth-order valence-electron chi connectivity index (χ4n) is 1.82. The monoisotopic (exact) mass is 211 g/mol. The third-order valence-electron chi connectivity index (χ3n) is 2.57. The Hall–Kier alpha value is -0.290. The van der Waals surface area contributed by atoms with Crippen LogP contribution in [0.2, 0.25) is 0 Å². The second-order valence-electron chi connectivity index (χ2n) is 3.97. The summed E-state index contributed by atoms with van der Waals surface area (Å²) in [6.07, 6.45) is -4.18. The quantitative estimate of drug-likeness (QED) is 0.750. The van der Waals surface area contributed by atoms with Crippen molar-refractivity contribution in [3.63, 3.8) is 0 Å². The van der Waals surface area contributed by atoms with E-state index in [0.717, 1.165) is 0 Å². The molecule has 0 amide bonds. The van der Waals surface area contributed by atoms with E-state index in [0.29, 0.717) is 19.6 Å². The van der Waals surface area contributed by atoms with Crippen LogP contribution in [-0.4, -0.2) is 41.9 Å². The first-order valence-corrected chi connectivity index (χ1v) is 4.86. The van der Waals surface area contributed by atoms with Crippen molar-refractivity contribution < 1.29 is 18.3 Å². The van der Waals surface area contributed by atoms with E-state index in [1.807, 2.05) is 4.90 Å². The van der Waals surface area contributed by atoms with Gasteiger partial charge in [-0.3, -0.25) is 0 Å². The molecule has 2 nitrogen and oxygen atoms in total. The molecule has 0 bridgehead atoms. The molecule has 1 aliphatic rings. The zero-order valence-electron chi connectivity index (χ0n) is 8.22. The molecule has 1 atom stereocenters. The lowest BCUT2D eigenvalue weighted by atomic mass is 9.96. The molecule has 0 spiro atoms. The molecule has 0 radical (unpaired) electrons. The molecule has 1 N–H and O–H groups in total. The van der Waals surface area contributed by atoms with Crippen LogP contribution >= 0.6 is 0 Å². The Kier molecular flexibility index (Phi) is 3.78. The Morgan fingerprint density at radius 3 is 2.21 bits per heavy atom. The van der Waals surface area contributed by atoms with Gasteiger partial charge in [-0.2, -0.15) is 13.2 Å². The summed E-state index contributed by atoms with van der Waals surface area (Å²) in [5.41, 5.74) is 0. The average Bonchev–Trinajstić information content (AvgIpc) is 2.02. The third kappa shape index (κ3) is 3.46. The molecular weight excluding hydrogens is 195 g/mol. The van der Waals surface area contributed by atoms with Gasteiger partial charge < -0.3 is 10.0 Å². The molecule has 1 aliphatic heterocycles. The molecule has 0 aromatic rings.